The number of imide groups is 1. The molecule has 0 N–H and O–H groups in total. The van der Waals surface area contributed by atoms with Crippen molar-refractivity contribution in [2.24, 2.45) is 0 Å². The molecule has 1 rings (SSSR count). The van der Waals surface area contributed by atoms with Gasteiger partial charge in [0.15, 0.2) is 0 Å². The normalized spacial score (nSPS) is 15.0. The van der Waals surface area contributed by atoms with Crippen LogP contribution in [-0.4, -0.2) is 28.2 Å². The second kappa shape index (κ2) is 5.29. The molecule has 0 atom stereocenters. The maximum atomic E-state index is 10.4. The summed E-state index contributed by atoms with van der Waals surface area (Å²) >= 11 is 2.29. The summed E-state index contributed by atoms with van der Waals surface area (Å²) < 4.78 is 1.22. The molecule has 0 saturated carbocycles. The lowest BCUT2D eigenvalue weighted by molar-refractivity contribution is -0.135. The average Bonchev–Trinajstić information content (AvgIpc) is 2.22. The molecule has 11 heavy (non-hydrogen) atoms. The van der Waals surface area contributed by atoms with Crippen LogP contribution in [0.25, 0.3) is 0 Å². The molecule has 2 amide bonds. The first-order valence-electron chi connectivity index (χ1n) is 3.19. The molecule has 0 saturated heterocycles. The molecule has 1 aliphatic rings. The van der Waals surface area contributed by atoms with E-state index in [0.717, 1.165) is 4.90 Å². The van der Waals surface area contributed by atoms with Crippen molar-refractivity contribution in [2.75, 3.05) is 11.5 Å². The molecule has 0 spiro atoms. The van der Waals surface area contributed by atoms with Crippen LogP contribution in [0, 0.1) is 0 Å². The van der Waals surface area contributed by atoms with Gasteiger partial charge in [-0.05, 0) is 4.43 Å². The zero-order valence-corrected chi connectivity index (χ0v) is 8.66. The van der Waals surface area contributed by atoms with E-state index in [-0.39, 0.29) is 11.8 Å². The number of nitrogens with zero attached hydrogens (tertiary/aromatic N) is 1. The maximum Gasteiger partial charge on any atom is 0.253 e. The van der Waals surface area contributed by atoms with Gasteiger partial charge in [0.2, 0.25) is 0 Å². The number of carbonyl (C=O) groups excluding carboxylic acids is 2. The summed E-state index contributed by atoms with van der Waals surface area (Å²) in [6, 6.07) is 0. The summed E-state index contributed by atoms with van der Waals surface area (Å²) in [4.78, 5) is 21.9. The predicted molar refractivity (Wildman–Crippen MR) is 51.5 cm³/mol. The summed E-state index contributed by atoms with van der Waals surface area (Å²) in [5.74, 6) is -0.481. The number of carbonyl (C=O) groups is 2. The standard InChI is InChI=1S/C5H5NO2.C2H5I/c1-6-4(7)2-3-5(6)8;1-2-3/h2-3H,1H3;2H2,1H3. The van der Waals surface area contributed by atoms with E-state index in [1.807, 2.05) is 0 Å². The van der Waals surface area contributed by atoms with Gasteiger partial charge in [-0.25, -0.2) is 0 Å². The minimum atomic E-state index is -0.241. The summed E-state index contributed by atoms with van der Waals surface area (Å²) in [5.41, 5.74) is 0. The van der Waals surface area contributed by atoms with E-state index in [2.05, 4.69) is 29.5 Å². The van der Waals surface area contributed by atoms with Gasteiger partial charge in [-0.15, -0.1) is 0 Å². The van der Waals surface area contributed by atoms with E-state index >= 15 is 0 Å². The van der Waals surface area contributed by atoms with Crippen LogP contribution in [0.3, 0.4) is 0 Å². The number of rotatable bonds is 0. The molecular formula is C7H10INO2. The Morgan fingerprint density at radius 3 is 1.73 bits per heavy atom. The van der Waals surface area contributed by atoms with E-state index in [1.54, 1.807) is 0 Å². The zero-order valence-electron chi connectivity index (χ0n) is 6.50. The number of halogens is 1. The van der Waals surface area contributed by atoms with Crippen LogP contribution >= 0.6 is 22.6 Å². The molecule has 3 nitrogen and oxygen atoms in total. The van der Waals surface area contributed by atoms with Gasteiger partial charge in [0.25, 0.3) is 11.8 Å². The third-order valence-corrected chi connectivity index (χ3v) is 1.03. The SMILES string of the molecule is CCI.CN1C(=O)C=CC1=O. The molecule has 0 unspecified atom stereocenters. The van der Waals surface area contributed by atoms with Gasteiger partial charge in [-0.2, -0.15) is 0 Å². The maximum absolute atomic E-state index is 10.4. The first-order chi connectivity index (χ1) is 5.13. The van der Waals surface area contributed by atoms with Gasteiger partial charge in [0.05, 0.1) is 0 Å². The Bertz CT molecular complexity index is 171. The highest BCUT2D eigenvalue weighted by Crippen LogP contribution is 1.97. The highest BCUT2D eigenvalue weighted by molar-refractivity contribution is 14.1. The lowest BCUT2D eigenvalue weighted by atomic mass is 10.6. The Labute approximate surface area is 79.6 Å². The molecule has 0 aliphatic carbocycles. The topological polar surface area (TPSA) is 37.4 Å². The van der Waals surface area contributed by atoms with Crippen molar-refractivity contribution in [3.63, 3.8) is 0 Å². The molecule has 0 fully saturated rings. The molecule has 0 aromatic heterocycles. The van der Waals surface area contributed by atoms with Crippen LogP contribution in [-0.2, 0) is 9.59 Å². The molecule has 0 bridgehead atoms. The third-order valence-electron chi connectivity index (χ3n) is 1.03. The molecular weight excluding hydrogens is 257 g/mol. The van der Waals surface area contributed by atoms with Gasteiger partial charge in [-0.1, -0.05) is 29.5 Å². The summed E-state index contributed by atoms with van der Waals surface area (Å²) in [6.07, 6.45) is 2.50. The zero-order chi connectivity index (χ0) is 8.85. The monoisotopic (exact) mass is 267 g/mol. The Hall–Kier alpha value is -0.390. The number of likely N-dealkylation sites (N-methyl/N-ethyl adjacent to an activating group) is 1. The van der Waals surface area contributed by atoms with Crippen molar-refractivity contribution in [2.45, 2.75) is 6.92 Å². The Kier molecular flexibility index (Phi) is 5.10. The molecule has 4 heteroatoms. The molecule has 0 radical (unpaired) electrons. The Balaban J connectivity index is 0.000000292. The number of amides is 2. The van der Waals surface area contributed by atoms with Crippen molar-refractivity contribution in [3.8, 4) is 0 Å². The Morgan fingerprint density at radius 2 is 1.64 bits per heavy atom. The van der Waals surface area contributed by atoms with Crippen LogP contribution < -0.4 is 0 Å². The molecule has 1 heterocycles. The second-order valence-electron chi connectivity index (χ2n) is 1.84. The molecule has 0 aromatic carbocycles. The van der Waals surface area contributed by atoms with Gasteiger partial charge >= 0.3 is 0 Å². The van der Waals surface area contributed by atoms with Gasteiger partial charge in [-0.3, -0.25) is 14.5 Å². The van der Waals surface area contributed by atoms with E-state index in [0.29, 0.717) is 0 Å². The highest BCUT2D eigenvalue weighted by atomic mass is 127. The minimum Gasteiger partial charge on any atom is -0.279 e. The van der Waals surface area contributed by atoms with Crippen LogP contribution in [0.1, 0.15) is 6.92 Å². The average molecular weight is 267 g/mol. The first-order valence-corrected chi connectivity index (χ1v) is 4.71. The predicted octanol–water partition coefficient (Wildman–Crippen LogP) is 0.982. The highest BCUT2D eigenvalue weighted by Gasteiger charge is 2.17. The van der Waals surface area contributed by atoms with Crippen LogP contribution in [0.4, 0.5) is 0 Å². The number of hydrogen-bond acceptors (Lipinski definition) is 2. The van der Waals surface area contributed by atoms with Crippen molar-refractivity contribution < 1.29 is 9.59 Å². The van der Waals surface area contributed by atoms with Gasteiger partial charge in [0, 0.05) is 19.2 Å². The van der Waals surface area contributed by atoms with Crippen molar-refractivity contribution >= 4 is 34.4 Å². The van der Waals surface area contributed by atoms with Crippen LogP contribution in [0.5, 0.6) is 0 Å². The lowest BCUT2D eigenvalue weighted by Crippen LogP contribution is -2.24. The molecule has 0 aromatic rings. The second-order valence-corrected chi connectivity index (χ2v) is 3.36. The van der Waals surface area contributed by atoms with Crippen molar-refractivity contribution in [1.29, 1.82) is 0 Å². The van der Waals surface area contributed by atoms with Crippen LogP contribution in [0.15, 0.2) is 12.2 Å². The quantitative estimate of drug-likeness (QED) is 0.373. The van der Waals surface area contributed by atoms with E-state index in [1.165, 1.54) is 23.6 Å². The van der Waals surface area contributed by atoms with E-state index in [9.17, 15) is 9.59 Å². The van der Waals surface area contributed by atoms with Crippen molar-refractivity contribution in [1.82, 2.24) is 4.90 Å². The molecule has 1 aliphatic heterocycles. The van der Waals surface area contributed by atoms with E-state index < -0.39 is 0 Å². The summed E-state index contributed by atoms with van der Waals surface area (Å²) in [7, 11) is 1.45. The van der Waals surface area contributed by atoms with Crippen molar-refractivity contribution in [3.05, 3.63) is 12.2 Å². The lowest BCUT2D eigenvalue weighted by Gasteiger charge is -2.01. The summed E-state index contributed by atoms with van der Waals surface area (Å²) in [5, 5.41) is 0. The van der Waals surface area contributed by atoms with E-state index in [4.69, 9.17) is 0 Å². The fraction of sp³-hybridized carbons (Fsp3) is 0.429. The largest absolute Gasteiger partial charge is 0.279 e. The summed E-state index contributed by atoms with van der Waals surface area (Å²) in [6.45, 7) is 2.11. The third kappa shape index (κ3) is 3.50. The van der Waals surface area contributed by atoms with Gasteiger partial charge in [0.1, 0.15) is 0 Å². The number of hydrogen-bond donors (Lipinski definition) is 0. The van der Waals surface area contributed by atoms with Crippen LogP contribution in [0.2, 0.25) is 0 Å². The Morgan fingerprint density at radius 1 is 1.36 bits per heavy atom. The smallest absolute Gasteiger partial charge is 0.253 e. The first kappa shape index (κ1) is 10.6. The minimum absolute atomic E-state index is 0.241. The fourth-order valence-electron chi connectivity index (χ4n) is 0.475. The van der Waals surface area contributed by atoms with Gasteiger partial charge < -0.3 is 0 Å². The fourth-order valence-corrected chi connectivity index (χ4v) is 0.475. The molecule has 62 valence electrons. The number of alkyl halides is 1.